The van der Waals surface area contributed by atoms with Gasteiger partial charge in [-0.2, -0.15) is 0 Å². The second kappa shape index (κ2) is 17.2. The van der Waals surface area contributed by atoms with E-state index in [1.807, 2.05) is 13.8 Å². The lowest BCUT2D eigenvalue weighted by atomic mass is 10.0. The van der Waals surface area contributed by atoms with Gasteiger partial charge in [-0.25, -0.2) is 9.59 Å². The van der Waals surface area contributed by atoms with Crippen molar-refractivity contribution in [2.45, 2.75) is 104 Å². The largest absolute Gasteiger partial charge is 0.464 e. The first-order valence-electron chi connectivity index (χ1n) is 10.5. The summed E-state index contributed by atoms with van der Waals surface area (Å²) in [6, 6.07) is -0.629. The molecule has 154 valence electrons. The highest BCUT2D eigenvalue weighted by molar-refractivity contribution is 5.81. The first kappa shape index (κ1) is 24.7. The summed E-state index contributed by atoms with van der Waals surface area (Å²) >= 11 is 0. The van der Waals surface area contributed by atoms with Gasteiger partial charge in [0, 0.05) is 0 Å². The number of esters is 1. The Labute approximate surface area is 160 Å². The smallest absolute Gasteiger partial charge is 0.407 e. The normalized spacial score (nSPS) is 12.0. The van der Waals surface area contributed by atoms with Crippen LogP contribution in [-0.2, 0) is 14.3 Å². The van der Waals surface area contributed by atoms with Crippen molar-refractivity contribution >= 4 is 12.1 Å². The van der Waals surface area contributed by atoms with Crippen LogP contribution in [-0.4, -0.2) is 31.8 Å². The average Bonchev–Trinajstić information content (AvgIpc) is 2.61. The molecule has 1 N–H and O–H groups in total. The molecule has 0 rings (SSSR count). The molecule has 0 heterocycles. The molecular formula is C21H41NO4. The van der Waals surface area contributed by atoms with Crippen LogP contribution >= 0.6 is 0 Å². The zero-order valence-corrected chi connectivity index (χ0v) is 17.5. The molecular weight excluding hydrogens is 330 g/mol. The summed E-state index contributed by atoms with van der Waals surface area (Å²) in [5, 5.41) is 2.56. The number of nitrogens with one attached hydrogen (secondary N) is 1. The van der Waals surface area contributed by atoms with Gasteiger partial charge in [0.2, 0.25) is 0 Å². The van der Waals surface area contributed by atoms with Crippen LogP contribution in [0, 0.1) is 5.92 Å². The lowest BCUT2D eigenvalue weighted by Crippen LogP contribution is -2.42. The van der Waals surface area contributed by atoms with Gasteiger partial charge in [-0.15, -0.1) is 0 Å². The van der Waals surface area contributed by atoms with Crippen LogP contribution in [0.25, 0.3) is 0 Å². The highest BCUT2D eigenvalue weighted by atomic mass is 16.5. The SMILES string of the molecule is CCCCCCCCCCCCCOC(=O)C(CC(C)C)NC(=O)OC. The Bertz CT molecular complexity index is 358. The molecule has 0 bridgehead atoms. The molecule has 0 aliphatic heterocycles. The van der Waals surface area contributed by atoms with Gasteiger partial charge < -0.3 is 14.8 Å². The number of methoxy groups -OCH3 is 1. The Morgan fingerprint density at radius 1 is 0.846 bits per heavy atom. The summed E-state index contributed by atoms with van der Waals surface area (Å²) in [5.41, 5.74) is 0. The summed E-state index contributed by atoms with van der Waals surface area (Å²) in [7, 11) is 1.29. The number of unbranched alkanes of at least 4 members (excludes halogenated alkanes) is 10. The van der Waals surface area contributed by atoms with E-state index < -0.39 is 12.1 Å². The van der Waals surface area contributed by atoms with E-state index in [1.54, 1.807) is 0 Å². The number of carbonyl (C=O) groups is 2. The first-order chi connectivity index (χ1) is 12.5. The number of hydrogen-bond acceptors (Lipinski definition) is 4. The molecule has 1 unspecified atom stereocenters. The molecule has 0 aliphatic carbocycles. The minimum Gasteiger partial charge on any atom is -0.464 e. The van der Waals surface area contributed by atoms with Crippen molar-refractivity contribution in [3.63, 3.8) is 0 Å². The zero-order valence-electron chi connectivity index (χ0n) is 17.5. The first-order valence-corrected chi connectivity index (χ1v) is 10.5. The van der Waals surface area contributed by atoms with Crippen LogP contribution in [0.4, 0.5) is 4.79 Å². The highest BCUT2D eigenvalue weighted by Gasteiger charge is 2.23. The van der Waals surface area contributed by atoms with Crippen molar-refractivity contribution in [3.05, 3.63) is 0 Å². The highest BCUT2D eigenvalue weighted by Crippen LogP contribution is 2.12. The predicted octanol–water partition coefficient (Wildman–Crippen LogP) is 5.61. The number of ether oxygens (including phenoxy) is 2. The molecule has 0 fully saturated rings. The molecule has 5 nitrogen and oxygen atoms in total. The Balaban J connectivity index is 3.67. The van der Waals surface area contributed by atoms with Crippen LogP contribution in [0.5, 0.6) is 0 Å². The van der Waals surface area contributed by atoms with Gasteiger partial charge in [0.25, 0.3) is 0 Å². The third-order valence-corrected chi connectivity index (χ3v) is 4.46. The fourth-order valence-electron chi connectivity index (χ4n) is 2.93. The maximum Gasteiger partial charge on any atom is 0.407 e. The maximum atomic E-state index is 12.1. The fourth-order valence-corrected chi connectivity index (χ4v) is 2.93. The number of hydrogen-bond donors (Lipinski definition) is 1. The van der Waals surface area contributed by atoms with Crippen molar-refractivity contribution in [2.75, 3.05) is 13.7 Å². The van der Waals surface area contributed by atoms with E-state index in [2.05, 4.69) is 17.0 Å². The quantitative estimate of drug-likeness (QED) is 0.283. The second-order valence-corrected chi connectivity index (χ2v) is 7.52. The average molecular weight is 372 g/mol. The van der Waals surface area contributed by atoms with Gasteiger partial charge in [0.1, 0.15) is 6.04 Å². The van der Waals surface area contributed by atoms with Gasteiger partial charge in [0.05, 0.1) is 13.7 Å². The summed E-state index contributed by atoms with van der Waals surface area (Å²) in [6.07, 6.45) is 13.8. The number of alkyl carbamates (subject to hydrolysis) is 1. The Morgan fingerprint density at radius 2 is 1.35 bits per heavy atom. The predicted molar refractivity (Wildman–Crippen MR) is 106 cm³/mol. The van der Waals surface area contributed by atoms with E-state index in [0.717, 1.165) is 12.8 Å². The zero-order chi connectivity index (χ0) is 19.6. The third kappa shape index (κ3) is 15.0. The molecule has 0 aliphatic rings. The van der Waals surface area contributed by atoms with Crippen LogP contribution in [0.1, 0.15) is 97.8 Å². The molecule has 0 aromatic heterocycles. The van der Waals surface area contributed by atoms with Crippen LogP contribution in [0.3, 0.4) is 0 Å². The lowest BCUT2D eigenvalue weighted by molar-refractivity contribution is -0.146. The number of carbonyl (C=O) groups excluding carboxylic acids is 2. The minimum absolute atomic E-state index is 0.284. The Hall–Kier alpha value is -1.26. The molecule has 1 atom stereocenters. The van der Waals surface area contributed by atoms with Crippen LogP contribution in [0.15, 0.2) is 0 Å². The molecule has 0 spiro atoms. The van der Waals surface area contributed by atoms with Crippen LogP contribution < -0.4 is 5.32 Å². The number of rotatable bonds is 16. The summed E-state index contributed by atoms with van der Waals surface area (Å²) in [4.78, 5) is 23.5. The Morgan fingerprint density at radius 3 is 1.81 bits per heavy atom. The van der Waals surface area contributed by atoms with Gasteiger partial charge in [-0.1, -0.05) is 85.0 Å². The summed E-state index contributed by atoms with van der Waals surface area (Å²) in [5.74, 6) is -0.0807. The molecule has 1 amide bonds. The molecule has 0 saturated heterocycles. The van der Waals surface area contributed by atoms with Crippen molar-refractivity contribution in [2.24, 2.45) is 5.92 Å². The molecule has 5 heteroatoms. The van der Waals surface area contributed by atoms with Gasteiger partial charge in [-0.3, -0.25) is 0 Å². The molecule has 26 heavy (non-hydrogen) atoms. The van der Waals surface area contributed by atoms with E-state index in [-0.39, 0.29) is 11.9 Å². The monoisotopic (exact) mass is 371 g/mol. The minimum atomic E-state index is -0.629. The van der Waals surface area contributed by atoms with E-state index in [1.165, 1.54) is 64.9 Å². The van der Waals surface area contributed by atoms with Crippen molar-refractivity contribution < 1.29 is 19.1 Å². The molecule has 0 aromatic carbocycles. The van der Waals surface area contributed by atoms with Crippen molar-refractivity contribution in [1.82, 2.24) is 5.32 Å². The maximum absolute atomic E-state index is 12.1. The number of amides is 1. The van der Waals surface area contributed by atoms with E-state index in [0.29, 0.717) is 13.0 Å². The van der Waals surface area contributed by atoms with Gasteiger partial charge >= 0.3 is 12.1 Å². The molecule has 0 radical (unpaired) electrons. The van der Waals surface area contributed by atoms with Crippen molar-refractivity contribution in [3.8, 4) is 0 Å². The summed E-state index contributed by atoms with van der Waals surface area (Å²) < 4.78 is 9.90. The second-order valence-electron chi connectivity index (χ2n) is 7.52. The van der Waals surface area contributed by atoms with E-state index >= 15 is 0 Å². The van der Waals surface area contributed by atoms with Gasteiger partial charge in [-0.05, 0) is 18.8 Å². The van der Waals surface area contributed by atoms with E-state index in [4.69, 9.17) is 4.74 Å². The topological polar surface area (TPSA) is 64.6 Å². The summed E-state index contributed by atoms with van der Waals surface area (Å²) in [6.45, 7) is 6.68. The molecule has 0 aromatic rings. The lowest BCUT2D eigenvalue weighted by Gasteiger charge is -2.18. The third-order valence-electron chi connectivity index (χ3n) is 4.46. The van der Waals surface area contributed by atoms with Crippen LogP contribution in [0.2, 0.25) is 0 Å². The Kier molecular flexibility index (Phi) is 16.3. The fraction of sp³-hybridized carbons (Fsp3) is 0.905. The van der Waals surface area contributed by atoms with Gasteiger partial charge in [0.15, 0.2) is 0 Å². The van der Waals surface area contributed by atoms with Crippen molar-refractivity contribution in [1.29, 1.82) is 0 Å². The molecule has 0 saturated carbocycles. The standard InChI is InChI=1S/C21H41NO4/c1-5-6-7-8-9-10-11-12-13-14-15-16-26-20(23)19(17-18(2)3)22-21(24)25-4/h18-19H,5-17H2,1-4H3,(H,22,24). The van der Waals surface area contributed by atoms with E-state index in [9.17, 15) is 9.59 Å².